The monoisotopic (exact) mass is 353 g/mol. The van der Waals surface area contributed by atoms with Crippen molar-refractivity contribution >= 4 is 16.9 Å². The van der Waals surface area contributed by atoms with Gasteiger partial charge in [-0.15, -0.1) is 0 Å². The maximum Gasteiger partial charge on any atom is 0.264 e. The molecule has 0 aliphatic carbocycles. The third kappa shape index (κ3) is 3.99. The summed E-state index contributed by atoms with van der Waals surface area (Å²) >= 11 is 0. The van der Waals surface area contributed by atoms with E-state index in [1.165, 1.54) is 17.1 Å². The molecule has 1 aromatic carbocycles. The van der Waals surface area contributed by atoms with Crippen LogP contribution in [0.2, 0.25) is 0 Å². The Labute approximate surface area is 151 Å². The van der Waals surface area contributed by atoms with Crippen LogP contribution in [0.25, 0.3) is 16.7 Å². The molecule has 0 spiro atoms. The van der Waals surface area contributed by atoms with Gasteiger partial charge in [0.25, 0.3) is 5.56 Å². The van der Waals surface area contributed by atoms with E-state index in [4.69, 9.17) is 0 Å². The molecule has 0 unspecified atom stereocenters. The predicted octanol–water partition coefficient (Wildman–Crippen LogP) is 2.28. The first-order chi connectivity index (χ1) is 12.7. The van der Waals surface area contributed by atoms with E-state index in [1.54, 1.807) is 4.68 Å². The van der Waals surface area contributed by atoms with E-state index >= 15 is 0 Å². The zero-order chi connectivity index (χ0) is 18.4. The molecule has 0 radical (unpaired) electrons. The number of unbranched alkanes of at least 4 members (excludes halogenated alkanes) is 2. The number of nitrogens with one attached hydrogen (secondary N) is 1. The lowest BCUT2D eigenvalue weighted by Crippen LogP contribution is -2.28. The van der Waals surface area contributed by atoms with Crippen LogP contribution < -0.4 is 10.9 Å². The summed E-state index contributed by atoms with van der Waals surface area (Å²) in [6.07, 6.45) is 6.47. The molecule has 0 aliphatic rings. The Morgan fingerprint density at radius 1 is 1.19 bits per heavy atom. The quantitative estimate of drug-likeness (QED) is 0.630. The Kier molecular flexibility index (Phi) is 5.78. The first kappa shape index (κ1) is 17.8. The number of benzene rings is 1. The van der Waals surface area contributed by atoms with Crippen molar-refractivity contribution in [3.63, 3.8) is 0 Å². The lowest BCUT2D eigenvalue weighted by molar-refractivity contribution is -0.121. The van der Waals surface area contributed by atoms with Crippen LogP contribution in [0, 0.1) is 0 Å². The van der Waals surface area contributed by atoms with Gasteiger partial charge in [0.15, 0.2) is 5.65 Å². The van der Waals surface area contributed by atoms with Crippen LogP contribution >= 0.6 is 0 Å². The summed E-state index contributed by atoms with van der Waals surface area (Å²) in [6, 6.07) is 9.54. The summed E-state index contributed by atoms with van der Waals surface area (Å²) in [4.78, 5) is 28.9. The van der Waals surface area contributed by atoms with Crippen LogP contribution in [0.4, 0.5) is 0 Å². The van der Waals surface area contributed by atoms with Gasteiger partial charge in [-0.2, -0.15) is 5.10 Å². The second-order valence-corrected chi connectivity index (χ2v) is 6.18. The number of hydrogen-bond donors (Lipinski definition) is 1. The topological polar surface area (TPSA) is 81.8 Å². The molecule has 0 saturated heterocycles. The third-order valence-electron chi connectivity index (χ3n) is 4.24. The molecule has 3 aromatic rings. The number of amides is 1. The maximum atomic E-state index is 12.6. The van der Waals surface area contributed by atoms with Crippen molar-refractivity contribution in [3.8, 4) is 5.69 Å². The molecule has 26 heavy (non-hydrogen) atoms. The van der Waals surface area contributed by atoms with Crippen LogP contribution in [0.15, 0.2) is 47.7 Å². The van der Waals surface area contributed by atoms with Gasteiger partial charge in [0, 0.05) is 19.5 Å². The average molecular weight is 353 g/mol. The van der Waals surface area contributed by atoms with Crippen molar-refractivity contribution in [1.29, 1.82) is 0 Å². The first-order valence-corrected chi connectivity index (χ1v) is 8.96. The molecule has 7 nitrogen and oxygen atoms in total. The molecule has 2 heterocycles. The molecule has 0 saturated carbocycles. The molecule has 1 amide bonds. The highest BCUT2D eigenvalue weighted by Crippen LogP contribution is 2.12. The summed E-state index contributed by atoms with van der Waals surface area (Å²) in [5.74, 6) is -0.0481. The summed E-state index contributed by atoms with van der Waals surface area (Å²) in [5, 5.41) is 7.61. The Bertz CT molecular complexity index is 930. The van der Waals surface area contributed by atoms with Gasteiger partial charge in [-0.25, -0.2) is 9.67 Å². The van der Waals surface area contributed by atoms with Crippen LogP contribution in [0.3, 0.4) is 0 Å². The summed E-state index contributed by atoms with van der Waals surface area (Å²) in [6.45, 7) is 3.11. The minimum absolute atomic E-state index is 0.0481. The van der Waals surface area contributed by atoms with Gasteiger partial charge in [0.1, 0.15) is 5.39 Å². The van der Waals surface area contributed by atoms with Gasteiger partial charge in [0.2, 0.25) is 5.91 Å². The number of rotatable bonds is 8. The molecule has 3 rings (SSSR count). The zero-order valence-electron chi connectivity index (χ0n) is 14.9. The summed E-state index contributed by atoms with van der Waals surface area (Å²) < 4.78 is 3.10. The highest BCUT2D eigenvalue weighted by Gasteiger charge is 2.12. The van der Waals surface area contributed by atoms with Crippen molar-refractivity contribution in [3.05, 3.63) is 53.2 Å². The highest BCUT2D eigenvalue weighted by atomic mass is 16.1. The Morgan fingerprint density at radius 3 is 2.77 bits per heavy atom. The number of carbonyl (C=O) groups excluding carboxylic acids is 1. The number of hydrogen-bond acceptors (Lipinski definition) is 4. The fourth-order valence-corrected chi connectivity index (χ4v) is 2.78. The van der Waals surface area contributed by atoms with E-state index < -0.39 is 0 Å². The van der Waals surface area contributed by atoms with Crippen molar-refractivity contribution in [2.24, 2.45) is 0 Å². The van der Waals surface area contributed by atoms with Gasteiger partial charge in [-0.1, -0.05) is 38.0 Å². The molecular formula is C19H23N5O2. The molecule has 0 aliphatic heterocycles. The van der Waals surface area contributed by atoms with E-state index in [0.29, 0.717) is 24.1 Å². The fourth-order valence-electron chi connectivity index (χ4n) is 2.78. The fraction of sp³-hybridized carbons (Fsp3) is 0.368. The number of nitrogens with zero attached hydrogens (tertiary/aromatic N) is 4. The van der Waals surface area contributed by atoms with Crippen molar-refractivity contribution in [2.45, 2.75) is 39.2 Å². The van der Waals surface area contributed by atoms with E-state index in [2.05, 4.69) is 22.3 Å². The Morgan fingerprint density at radius 2 is 2.00 bits per heavy atom. The number of carbonyl (C=O) groups is 1. The molecule has 1 N–H and O–H groups in total. The van der Waals surface area contributed by atoms with Gasteiger partial charge in [-0.05, 0) is 18.6 Å². The Hall–Kier alpha value is -2.96. The smallest absolute Gasteiger partial charge is 0.264 e. The number of para-hydroxylation sites is 1. The van der Waals surface area contributed by atoms with Gasteiger partial charge in [0.05, 0.1) is 18.2 Å². The average Bonchev–Trinajstić information content (AvgIpc) is 3.10. The van der Waals surface area contributed by atoms with Gasteiger partial charge < -0.3 is 5.32 Å². The SMILES string of the molecule is CCCCCNC(=O)CCn1cnc2c(cnn2-c2ccccc2)c1=O. The van der Waals surface area contributed by atoms with Crippen molar-refractivity contribution in [2.75, 3.05) is 6.54 Å². The predicted molar refractivity (Wildman–Crippen MR) is 100 cm³/mol. The van der Waals surface area contributed by atoms with Crippen LogP contribution in [-0.2, 0) is 11.3 Å². The summed E-state index contributed by atoms with van der Waals surface area (Å²) in [7, 11) is 0. The number of aromatic nitrogens is 4. The third-order valence-corrected chi connectivity index (χ3v) is 4.24. The first-order valence-electron chi connectivity index (χ1n) is 8.96. The molecule has 0 fully saturated rings. The molecule has 136 valence electrons. The van der Waals surface area contributed by atoms with E-state index in [-0.39, 0.29) is 17.9 Å². The van der Waals surface area contributed by atoms with Crippen molar-refractivity contribution in [1.82, 2.24) is 24.6 Å². The molecule has 2 aromatic heterocycles. The minimum Gasteiger partial charge on any atom is -0.356 e. The Balaban J connectivity index is 1.70. The largest absolute Gasteiger partial charge is 0.356 e. The van der Waals surface area contributed by atoms with Gasteiger partial charge in [-0.3, -0.25) is 14.2 Å². The van der Waals surface area contributed by atoms with Crippen LogP contribution in [0.5, 0.6) is 0 Å². The molecule has 0 bridgehead atoms. The molecule has 7 heteroatoms. The molecule has 0 atom stereocenters. The lowest BCUT2D eigenvalue weighted by Gasteiger charge is -2.07. The van der Waals surface area contributed by atoms with Crippen molar-refractivity contribution < 1.29 is 4.79 Å². The van der Waals surface area contributed by atoms with E-state index in [9.17, 15) is 9.59 Å². The standard InChI is InChI=1S/C19H23N5O2/c1-2-3-7-11-20-17(25)10-12-23-14-21-18-16(19(23)26)13-22-24(18)15-8-5-4-6-9-15/h4-6,8-9,13-14H,2-3,7,10-12H2,1H3,(H,20,25). The second kappa shape index (κ2) is 8.42. The molecular weight excluding hydrogens is 330 g/mol. The highest BCUT2D eigenvalue weighted by molar-refractivity contribution is 5.76. The number of fused-ring (bicyclic) bond motifs is 1. The van der Waals surface area contributed by atoms with Gasteiger partial charge >= 0.3 is 0 Å². The minimum atomic E-state index is -0.184. The number of aryl methyl sites for hydroxylation is 1. The van der Waals surface area contributed by atoms with E-state index in [1.807, 2.05) is 30.3 Å². The maximum absolute atomic E-state index is 12.6. The zero-order valence-corrected chi connectivity index (χ0v) is 14.9. The second-order valence-electron chi connectivity index (χ2n) is 6.18. The van der Waals surface area contributed by atoms with E-state index in [0.717, 1.165) is 24.9 Å². The summed E-state index contributed by atoms with van der Waals surface area (Å²) in [5.41, 5.74) is 1.18. The van der Waals surface area contributed by atoms with Crippen LogP contribution in [-0.4, -0.2) is 31.8 Å². The lowest BCUT2D eigenvalue weighted by atomic mass is 10.2. The van der Waals surface area contributed by atoms with Crippen LogP contribution in [0.1, 0.15) is 32.6 Å². The normalized spacial score (nSPS) is 11.0.